The minimum atomic E-state index is -0.271. The van der Waals surface area contributed by atoms with Crippen molar-refractivity contribution in [2.75, 3.05) is 6.61 Å². The smallest absolute Gasteiger partial charge is 0.261 e. The van der Waals surface area contributed by atoms with Crippen molar-refractivity contribution in [2.24, 2.45) is 0 Å². The molecule has 126 valence electrons. The molecule has 0 N–H and O–H groups in total. The van der Waals surface area contributed by atoms with Gasteiger partial charge < -0.3 is 9.64 Å². The fraction of sp³-hybridized carbons (Fsp3) is 0.350. The van der Waals surface area contributed by atoms with Crippen LogP contribution in [0.15, 0.2) is 48.5 Å². The summed E-state index contributed by atoms with van der Waals surface area (Å²) in [5, 5.41) is 0. The molecule has 1 amide bonds. The van der Waals surface area contributed by atoms with Gasteiger partial charge in [-0.25, -0.2) is 4.39 Å². The third kappa shape index (κ3) is 4.13. The summed E-state index contributed by atoms with van der Waals surface area (Å²) in [6.07, 6.45) is 2.92. The van der Waals surface area contributed by atoms with Crippen LogP contribution in [0, 0.1) is 5.82 Å². The Morgan fingerprint density at radius 2 is 1.88 bits per heavy atom. The monoisotopic (exact) mass is 327 g/mol. The lowest BCUT2D eigenvalue weighted by Crippen LogP contribution is -2.36. The van der Waals surface area contributed by atoms with Gasteiger partial charge in [-0.05, 0) is 43.0 Å². The molecule has 0 saturated heterocycles. The van der Waals surface area contributed by atoms with E-state index < -0.39 is 0 Å². The Balaban J connectivity index is 1.61. The van der Waals surface area contributed by atoms with Crippen molar-refractivity contribution >= 4 is 5.91 Å². The van der Waals surface area contributed by atoms with Crippen LogP contribution in [0.5, 0.6) is 5.75 Å². The Labute approximate surface area is 142 Å². The standard InChI is InChI=1S/C20H22FNO2/c1-2-15-7-11-18(12-8-15)24-14-20(23)22(17-9-10-17)13-16-5-3-4-6-19(16)21/h3-8,11-12,17H,2,9-10,13-14H2,1H3. The fourth-order valence-corrected chi connectivity index (χ4v) is 2.67. The van der Waals surface area contributed by atoms with Crippen LogP contribution in [0.4, 0.5) is 4.39 Å². The summed E-state index contributed by atoms with van der Waals surface area (Å²) in [6, 6.07) is 14.6. The molecular weight excluding hydrogens is 305 g/mol. The van der Waals surface area contributed by atoms with E-state index in [1.165, 1.54) is 11.6 Å². The molecule has 3 nitrogen and oxygen atoms in total. The van der Waals surface area contributed by atoms with Gasteiger partial charge in [0.2, 0.25) is 0 Å². The third-order valence-electron chi connectivity index (χ3n) is 4.30. The molecule has 1 aliphatic carbocycles. The molecule has 0 unspecified atom stereocenters. The Morgan fingerprint density at radius 1 is 1.17 bits per heavy atom. The van der Waals surface area contributed by atoms with Crippen molar-refractivity contribution in [3.63, 3.8) is 0 Å². The maximum atomic E-state index is 13.9. The Kier molecular flexibility index (Phi) is 5.14. The van der Waals surface area contributed by atoms with Gasteiger partial charge >= 0.3 is 0 Å². The average Bonchev–Trinajstić information content (AvgIpc) is 3.44. The highest BCUT2D eigenvalue weighted by Gasteiger charge is 2.33. The summed E-state index contributed by atoms with van der Waals surface area (Å²) in [6.45, 7) is 2.38. The number of ether oxygens (including phenoxy) is 1. The molecule has 0 bridgehead atoms. The van der Waals surface area contributed by atoms with Crippen molar-refractivity contribution in [1.29, 1.82) is 0 Å². The van der Waals surface area contributed by atoms with Gasteiger partial charge in [-0.2, -0.15) is 0 Å². The molecule has 4 heteroatoms. The summed E-state index contributed by atoms with van der Waals surface area (Å²) in [5.41, 5.74) is 1.78. The molecule has 1 saturated carbocycles. The van der Waals surface area contributed by atoms with Crippen molar-refractivity contribution < 1.29 is 13.9 Å². The van der Waals surface area contributed by atoms with Crippen molar-refractivity contribution in [2.45, 2.75) is 38.8 Å². The summed E-state index contributed by atoms with van der Waals surface area (Å²) >= 11 is 0. The van der Waals surface area contributed by atoms with Crippen LogP contribution in [0.1, 0.15) is 30.9 Å². The SMILES string of the molecule is CCc1ccc(OCC(=O)N(Cc2ccccc2F)C2CC2)cc1. The van der Waals surface area contributed by atoms with Crippen LogP contribution in [-0.2, 0) is 17.8 Å². The van der Waals surface area contributed by atoms with Crippen LogP contribution in [0.25, 0.3) is 0 Å². The summed E-state index contributed by atoms with van der Waals surface area (Å²) in [4.78, 5) is 14.3. The number of aryl methyl sites for hydroxylation is 1. The van der Waals surface area contributed by atoms with E-state index in [0.717, 1.165) is 19.3 Å². The maximum Gasteiger partial charge on any atom is 0.261 e. The summed E-state index contributed by atoms with van der Waals surface area (Å²) in [7, 11) is 0. The summed E-state index contributed by atoms with van der Waals surface area (Å²) in [5.74, 6) is 0.314. The molecule has 1 aliphatic rings. The minimum Gasteiger partial charge on any atom is -0.484 e. The Morgan fingerprint density at radius 3 is 2.50 bits per heavy atom. The van der Waals surface area contributed by atoms with Gasteiger partial charge in [0.25, 0.3) is 5.91 Å². The van der Waals surface area contributed by atoms with Gasteiger partial charge in [-0.3, -0.25) is 4.79 Å². The predicted octanol–water partition coefficient (Wildman–Crippen LogP) is 3.96. The lowest BCUT2D eigenvalue weighted by atomic mass is 10.2. The zero-order chi connectivity index (χ0) is 16.9. The Hall–Kier alpha value is -2.36. The maximum absolute atomic E-state index is 13.9. The lowest BCUT2D eigenvalue weighted by molar-refractivity contribution is -0.134. The average molecular weight is 327 g/mol. The minimum absolute atomic E-state index is 0.0174. The second kappa shape index (κ2) is 7.47. The van der Waals surface area contributed by atoms with Gasteiger partial charge in [0.1, 0.15) is 11.6 Å². The van der Waals surface area contributed by atoms with E-state index in [1.54, 1.807) is 23.1 Å². The molecule has 0 spiro atoms. The number of rotatable bonds is 7. The number of nitrogens with zero attached hydrogens (tertiary/aromatic N) is 1. The van der Waals surface area contributed by atoms with Crippen LogP contribution in [0.2, 0.25) is 0 Å². The van der Waals surface area contributed by atoms with Crippen molar-refractivity contribution in [3.8, 4) is 5.75 Å². The first-order chi connectivity index (χ1) is 11.7. The first-order valence-electron chi connectivity index (χ1n) is 8.42. The van der Waals surface area contributed by atoms with E-state index >= 15 is 0 Å². The van der Waals surface area contributed by atoms with Gasteiger partial charge in [-0.15, -0.1) is 0 Å². The van der Waals surface area contributed by atoms with Gasteiger partial charge in [0.05, 0.1) is 0 Å². The van der Waals surface area contributed by atoms with E-state index in [-0.39, 0.29) is 24.4 Å². The van der Waals surface area contributed by atoms with E-state index in [1.807, 2.05) is 24.3 Å². The van der Waals surface area contributed by atoms with Gasteiger partial charge in [0.15, 0.2) is 6.61 Å². The second-order valence-electron chi connectivity index (χ2n) is 6.13. The van der Waals surface area contributed by atoms with Gasteiger partial charge in [-0.1, -0.05) is 37.3 Å². The second-order valence-corrected chi connectivity index (χ2v) is 6.13. The quantitative estimate of drug-likeness (QED) is 0.770. The van der Waals surface area contributed by atoms with E-state index in [4.69, 9.17) is 4.74 Å². The molecule has 0 atom stereocenters. The number of carbonyl (C=O) groups is 1. The molecule has 2 aromatic carbocycles. The van der Waals surface area contributed by atoms with Crippen LogP contribution < -0.4 is 4.74 Å². The fourth-order valence-electron chi connectivity index (χ4n) is 2.67. The van der Waals surface area contributed by atoms with E-state index in [0.29, 0.717) is 17.9 Å². The molecule has 2 aromatic rings. The number of carbonyl (C=O) groups excluding carboxylic acids is 1. The largest absolute Gasteiger partial charge is 0.484 e. The Bertz CT molecular complexity index is 695. The highest BCUT2D eigenvalue weighted by Crippen LogP contribution is 2.29. The highest BCUT2D eigenvalue weighted by molar-refractivity contribution is 5.78. The lowest BCUT2D eigenvalue weighted by Gasteiger charge is -2.23. The van der Waals surface area contributed by atoms with Crippen LogP contribution in [-0.4, -0.2) is 23.5 Å². The molecule has 1 fully saturated rings. The topological polar surface area (TPSA) is 29.5 Å². The van der Waals surface area contributed by atoms with Crippen LogP contribution in [0.3, 0.4) is 0 Å². The van der Waals surface area contributed by atoms with E-state index in [9.17, 15) is 9.18 Å². The molecule has 0 aromatic heterocycles. The van der Waals surface area contributed by atoms with Crippen molar-refractivity contribution in [3.05, 3.63) is 65.5 Å². The summed E-state index contributed by atoms with van der Waals surface area (Å²) < 4.78 is 19.5. The van der Waals surface area contributed by atoms with Crippen LogP contribution >= 0.6 is 0 Å². The number of amides is 1. The molecule has 24 heavy (non-hydrogen) atoms. The number of halogens is 1. The number of benzene rings is 2. The van der Waals surface area contributed by atoms with Crippen molar-refractivity contribution in [1.82, 2.24) is 4.90 Å². The highest BCUT2D eigenvalue weighted by atomic mass is 19.1. The molecule has 0 radical (unpaired) electrons. The number of hydrogen-bond acceptors (Lipinski definition) is 2. The van der Waals surface area contributed by atoms with Gasteiger partial charge in [0, 0.05) is 18.2 Å². The third-order valence-corrected chi connectivity index (χ3v) is 4.30. The normalized spacial score (nSPS) is 13.6. The zero-order valence-corrected chi connectivity index (χ0v) is 13.9. The zero-order valence-electron chi connectivity index (χ0n) is 13.9. The number of hydrogen-bond donors (Lipinski definition) is 0. The molecule has 3 rings (SSSR count). The molecule has 0 aliphatic heterocycles. The van der Waals surface area contributed by atoms with E-state index in [2.05, 4.69) is 6.92 Å². The first-order valence-corrected chi connectivity index (χ1v) is 8.42. The first kappa shape index (κ1) is 16.5. The molecule has 0 heterocycles. The predicted molar refractivity (Wildman–Crippen MR) is 91.3 cm³/mol. The molecular formula is C20H22FNO2.